The Labute approximate surface area is 146 Å². The summed E-state index contributed by atoms with van der Waals surface area (Å²) in [7, 11) is 0. The van der Waals surface area contributed by atoms with Gasteiger partial charge in [-0.05, 0) is 48.1 Å². The van der Waals surface area contributed by atoms with Gasteiger partial charge in [0.1, 0.15) is 18.2 Å². The summed E-state index contributed by atoms with van der Waals surface area (Å²) in [6, 6.07) is 13.9. The number of hydrazone groups is 1. The Balaban J connectivity index is 1.83. The molecule has 0 radical (unpaired) electrons. The zero-order valence-electron chi connectivity index (χ0n) is 13.0. The van der Waals surface area contributed by atoms with Crippen LogP contribution in [0.1, 0.15) is 11.1 Å². The summed E-state index contributed by atoms with van der Waals surface area (Å²) >= 11 is 5.01. The van der Waals surface area contributed by atoms with Gasteiger partial charge in [-0.1, -0.05) is 24.3 Å². The molecule has 0 amide bonds. The van der Waals surface area contributed by atoms with Crippen molar-refractivity contribution in [3.05, 3.63) is 78.1 Å². The Hall–Kier alpha value is -2.73. The summed E-state index contributed by atoms with van der Waals surface area (Å²) in [5.41, 5.74) is 4.11. The minimum absolute atomic E-state index is 0.185. The van der Waals surface area contributed by atoms with Gasteiger partial charge in [0.2, 0.25) is 0 Å². The number of benzene rings is 2. The highest BCUT2D eigenvalue weighted by Gasteiger charge is 2.01. The topological polar surface area (TPSA) is 45.7 Å². The predicted molar refractivity (Wildman–Crippen MR) is 98.7 cm³/mol. The van der Waals surface area contributed by atoms with Crippen LogP contribution in [0.2, 0.25) is 0 Å². The van der Waals surface area contributed by atoms with Gasteiger partial charge in [0.25, 0.3) is 0 Å². The molecule has 0 saturated heterocycles. The van der Waals surface area contributed by atoms with Gasteiger partial charge < -0.3 is 10.1 Å². The Morgan fingerprint density at radius 1 is 1.21 bits per heavy atom. The largest absolute Gasteiger partial charge is 0.489 e. The van der Waals surface area contributed by atoms with Crippen LogP contribution in [-0.2, 0) is 6.61 Å². The summed E-state index contributed by atoms with van der Waals surface area (Å²) in [6.07, 6.45) is 3.35. The molecule has 2 aromatic rings. The molecule has 0 unspecified atom stereocenters. The lowest BCUT2D eigenvalue weighted by atomic mass is 10.2. The van der Waals surface area contributed by atoms with Crippen molar-refractivity contribution in [1.29, 1.82) is 0 Å². The molecule has 0 aromatic heterocycles. The van der Waals surface area contributed by atoms with Crippen LogP contribution in [0.4, 0.5) is 4.39 Å². The second-order valence-corrected chi connectivity index (χ2v) is 5.23. The highest BCUT2D eigenvalue weighted by atomic mass is 32.1. The van der Waals surface area contributed by atoms with Crippen LogP contribution >= 0.6 is 12.2 Å². The molecule has 2 N–H and O–H groups in total. The molecule has 24 heavy (non-hydrogen) atoms. The molecule has 124 valence electrons. The van der Waals surface area contributed by atoms with Crippen molar-refractivity contribution in [3.8, 4) is 5.75 Å². The highest BCUT2D eigenvalue weighted by molar-refractivity contribution is 7.80. The molecule has 0 spiro atoms. The second-order valence-electron chi connectivity index (χ2n) is 4.82. The van der Waals surface area contributed by atoms with E-state index in [2.05, 4.69) is 22.4 Å². The summed E-state index contributed by atoms with van der Waals surface area (Å²) in [5, 5.41) is 7.36. The van der Waals surface area contributed by atoms with E-state index < -0.39 is 0 Å². The van der Waals surface area contributed by atoms with E-state index in [0.29, 0.717) is 23.0 Å². The van der Waals surface area contributed by atoms with Crippen molar-refractivity contribution in [2.75, 3.05) is 6.54 Å². The zero-order chi connectivity index (χ0) is 17.2. The zero-order valence-corrected chi connectivity index (χ0v) is 13.9. The normalized spacial score (nSPS) is 10.4. The van der Waals surface area contributed by atoms with Crippen molar-refractivity contribution in [2.45, 2.75) is 6.61 Å². The van der Waals surface area contributed by atoms with Crippen molar-refractivity contribution >= 4 is 23.5 Å². The molecule has 0 saturated carbocycles. The molecule has 0 aliphatic rings. The first-order valence-corrected chi connectivity index (χ1v) is 7.74. The van der Waals surface area contributed by atoms with Gasteiger partial charge in [-0.15, -0.1) is 6.58 Å². The number of nitrogens with zero attached hydrogens (tertiary/aromatic N) is 1. The SMILES string of the molecule is C=CCNC(=S)N/N=C/c1ccc(OCc2ccccc2F)cc1. The second kappa shape index (κ2) is 9.42. The van der Waals surface area contributed by atoms with Gasteiger partial charge in [-0.2, -0.15) is 5.10 Å². The molecule has 0 heterocycles. The van der Waals surface area contributed by atoms with E-state index in [1.807, 2.05) is 12.1 Å². The fraction of sp³-hybridized carbons (Fsp3) is 0.111. The molecule has 0 bridgehead atoms. The lowest BCUT2D eigenvalue weighted by Gasteiger charge is -2.07. The summed E-state index contributed by atoms with van der Waals surface area (Å²) in [6.45, 7) is 4.35. The van der Waals surface area contributed by atoms with Crippen LogP contribution in [-0.4, -0.2) is 17.9 Å². The molecule has 2 rings (SSSR count). The summed E-state index contributed by atoms with van der Waals surface area (Å²) < 4.78 is 19.1. The van der Waals surface area contributed by atoms with E-state index in [1.54, 1.807) is 42.6 Å². The van der Waals surface area contributed by atoms with Crippen molar-refractivity contribution in [2.24, 2.45) is 5.10 Å². The maximum absolute atomic E-state index is 13.5. The third-order valence-electron chi connectivity index (χ3n) is 3.02. The summed E-state index contributed by atoms with van der Waals surface area (Å²) in [4.78, 5) is 0. The molecule has 2 aromatic carbocycles. The molecular weight excluding hydrogens is 325 g/mol. The first kappa shape index (κ1) is 17.6. The van der Waals surface area contributed by atoms with Gasteiger partial charge in [-0.25, -0.2) is 4.39 Å². The first-order chi connectivity index (χ1) is 11.7. The van der Waals surface area contributed by atoms with Crippen molar-refractivity contribution in [1.82, 2.24) is 10.7 Å². The van der Waals surface area contributed by atoms with Gasteiger partial charge in [0, 0.05) is 12.1 Å². The van der Waals surface area contributed by atoms with E-state index in [1.165, 1.54) is 6.07 Å². The number of nitrogens with one attached hydrogen (secondary N) is 2. The Morgan fingerprint density at radius 3 is 2.67 bits per heavy atom. The third-order valence-corrected chi connectivity index (χ3v) is 3.25. The molecular formula is C18H18FN3OS. The van der Waals surface area contributed by atoms with Crippen molar-refractivity contribution < 1.29 is 9.13 Å². The van der Waals surface area contributed by atoms with E-state index in [-0.39, 0.29) is 12.4 Å². The number of rotatable bonds is 7. The number of thiocarbonyl (C=S) groups is 1. The quantitative estimate of drug-likeness (QED) is 0.350. The minimum atomic E-state index is -0.270. The first-order valence-electron chi connectivity index (χ1n) is 7.33. The van der Waals surface area contributed by atoms with E-state index in [0.717, 1.165) is 5.56 Å². The van der Waals surface area contributed by atoms with E-state index in [9.17, 15) is 4.39 Å². The maximum atomic E-state index is 13.5. The fourth-order valence-corrected chi connectivity index (χ4v) is 1.93. The van der Waals surface area contributed by atoms with Gasteiger partial charge in [0.15, 0.2) is 5.11 Å². The lowest BCUT2D eigenvalue weighted by molar-refractivity contribution is 0.300. The molecule has 0 atom stereocenters. The molecule has 0 aliphatic carbocycles. The van der Waals surface area contributed by atoms with Gasteiger partial charge in [-0.3, -0.25) is 5.43 Å². The summed E-state index contributed by atoms with van der Waals surface area (Å²) in [5.74, 6) is 0.389. The van der Waals surface area contributed by atoms with Crippen LogP contribution in [0.15, 0.2) is 66.3 Å². The Morgan fingerprint density at radius 2 is 1.96 bits per heavy atom. The van der Waals surface area contributed by atoms with Crippen LogP contribution in [0.5, 0.6) is 5.75 Å². The fourth-order valence-electron chi connectivity index (χ4n) is 1.80. The Kier molecular flexibility index (Phi) is 6.91. The number of hydrogen-bond donors (Lipinski definition) is 2. The van der Waals surface area contributed by atoms with Crippen LogP contribution < -0.4 is 15.5 Å². The number of halogens is 1. The van der Waals surface area contributed by atoms with Crippen LogP contribution in [0.3, 0.4) is 0 Å². The van der Waals surface area contributed by atoms with Crippen LogP contribution in [0, 0.1) is 5.82 Å². The van der Waals surface area contributed by atoms with E-state index >= 15 is 0 Å². The van der Waals surface area contributed by atoms with Crippen LogP contribution in [0.25, 0.3) is 0 Å². The number of hydrogen-bond acceptors (Lipinski definition) is 3. The average Bonchev–Trinajstić information content (AvgIpc) is 2.60. The molecule has 4 nitrogen and oxygen atoms in total. The highest BCUT2D eigenvalue weighted by Crippen LogP contribution is 2.15. The van der Waals surface area contributed by atoms with Crippen molar-refractivity contribution in [3.63, 3.8) is 0 Å². The molecule has 0 aliphatic heterocycles. The third kappa shape index (κ3) is 5.81. The van der Waals surface area contributed by atoms with Gasteiger partial charge >= 0.3 is 0 Å². The maximum Gasteiger partial charge on any atom is 0.187 e. The monoisotopic (exact) mass is 343 g/mol. The molecule has 0 fully saturated rings. The smallest absolute Gasteiger partial charge is 0.187 e. The lowest BCUT2D eigenvalue weighted by Crippen LogP contribution is -2.31. The number of ether oxygens (including phenoxy) is 1. The average molecular weight is 343 g/mol. The Bertz CT molecular complexity index is 716. The van der Waals surface area contributed by atoms with E-state index in [4.69, 9.17) is 17.0 Å². The van der Waals surface area contributed by atoms with Gasteiger partial charge in [0.05, 0.1) is 6.21 Å². The minimum Gasteiger partial charge on any atom is -0.489 e. The predicted octanol–water partition coefficient (Wildman–Crippen LogP) is 3.39. The molecule has 6 heteroatoms. The standard InChI is InChI=1S/C18H18FN3OS/c1-2-11-20-18(24)22-21-12-14-7-9-16(10-8-14)23-13-15-5-3-4-6-17(15)19/h2-10,12H,1,11,13H2,(H2,20,22,24)/b21-12+.